The summed E-state index contributed by atoms with van der Waals surface area (Å²) < 4.78 is 10.5. The predicted octanol–water partition coefficient (Wildman–Crippen LogP) is 2.96. The van der Waals surface area contributed by atoms with Gasteiger partial charge in [-0.05, 0) is 31.0 Å². The summed E-state index contributed by atoms with van der Waals surface area (Å²) in [6.07, 6.45) is 3.65. The third-order valence-corrected chi connectivity index (χ3v) is 3.32. The van der Waals surface area contributed by atoms with E-state index in [1.165, 1.54) is 19.3 Å². The molecule has 0 heterocycles. The van der Waals surface area contributed by atoms with Crippen molar-refractivity contribution in [2.24, 2.45) is 4.99 Å². The Labute approximate surface area is 140 Å². The van der Waals surface area contributed by atoms with Crippen molar-refractivity contribution in [2.75, 3.05) is 33.4 Å². The molecule has 1 aromatic rings. The summed E-state index contributed by atoms with van der Waals surface area (Å²) in [6.45, 7) is 7.94. The fourth-order valence-electron chi connectivity index (χ4n) is 2.03. The van der Waals surface area contributed by atoms with Gasteiger partial charge in [0.15, 0.2) is 5.96 Å². The number of ether oxygens (including phenoxy) is 2. The minimum Gasteiger partial charge on any atom is -0.491 e. The summed E-state index contributed by atoms with van der Waals surface area (Å²) in [6, 6.07) is 8.04. The lowest BCUT2D eigenvalue weighted by molar-refractivity contribution is 0.146. The number of aliphatic imine (C=N–C) groups is 1. The fourth-order valence-corrected chi connectivity index (χ4v) is 2.03. The molecule has 0 fully saturated rings. The molecule has 23 heavy (non-hydrogen) atoms. The maximum Gasteiger partial charge on any atom is 0.191 e. The highest BCUT2D eigenvalue weighted by atomic mass is 16.5. The van der Waals surface area contributed by atoms with Crippen LogP contribution in [0.2, 0.25) is 0 Å². The van der Waals surface area contributed by atoms with E-state index in [1.54, 1.807) is 7.11 Å². The molecule has 130 valence electrons. The molecule has 0 aliphatic rings. The van der Waals surface area contributed by atoms with Gasteiger partial charge in [0.25, 0.3) is 0 Å². The van der Waals surface area contributed by atoms with Gasteiger partial charge in [0.2, 0.25) is 0 Å². The van der Waals surface area contributed by atoms with Crippen LogP contribution in [0.25, 0.3) is 0 Å². The number of hydrogen-bond donors (Lipinski definition) is 2. The molecule has 1 rings (SSSR count). The predicted molar refractivity (Wildman–Crippen MR) is 96.2 cm³/mol. The van der Waals surface area contributed by atoms with Crippen molar-refractivity contribution in [3.05, 3.63) is 29.8 Å². The van der Waals surface area contributed by atoms with Crippen LogP contribution in [0.3, 0.4) is 0 Å². The molecule has 0 aliphatic carbocycles. The first-order chi connectivity index (χ1) is 11.3. The van der Waals surface area contributed by atoms with E-state index >= 15 is 0 Å². The second kappa shape index (κ2) is 12.8. The number of nitrogens with zero attached hydrogens (tertiary/aromatic N) is 1. The maximum absolute atomic E-state index is 5.56. The molecule has 0 unspecified atom stereocenters. The first-order valence-corrected chi connectivity index (χ1v) is 8.53. The van der Waals surface area contributed by atoms with Crippen LogP contribution in [-0.2, 0) is 11.3 Å². The van der Waals surface area contributed by atoms with Gasteiger partial charge >= 0.3 is 0 Å². The summed E-state index contributed by atoms with van der Waals surface area (Å²) >= 11 is 0. The van der Waals surface area contributed by atoms with Gasteiger partial charge in [-0.15, -0.1) is 0 Å². The molecule has 0 aliphatic heterocycles. The zero-order valence-electron chi connectivity index (χ0n) is 14.7. The van der Waals surface area contributed by atoms with Crippen LogP contribution in [0.1, 0.15) is 38.7 Å². The molecular formula is C18H31N3O2. The summed E-state index contributed by atoms with van der Waals surface area (Å²) in [5.41, 5.74) is 1.16. The highest BCUT2D eigenvalue weighted by Crippen LogP contribution is 2.12. The van der Waals surface area contributed by atoms with Gasteiger partial charge in [-0.3, -0.25) is 0 Å². The Morgan fingerprint density at radius 1 is 1.04 bits per heavy atom. The first kappa shape index (κ1) is 19.3. The Morgan fingerprint density at radius 2 is 1.83 bits per heavy atom. The average molecular weight is 321 g/mol. The van der Waals surface area contributed by atoms with E-state index in [9.17, 15) is 0 Å². The van der Waals surface area contributed by atoms with Crippen molar-refractivity contribution in [1.29, 1.82) is 0 Å². The SMILES string of the molecule is CCCCCNC(=NCc1ccc(OCCOC)cc1)NCC. The fraction of sp³-hybridized carbons (Fsp3) is 0.611. The average Bonchev–Trinajstić information content (AvgIpc) is 2.58. The van der Waals surface area contributed by atoms with Gasteiger partial charge in [0.05, 0.1) is 13.2 Å². The van der Waals surface area contributed by atoms with Crippen LogP contribution in [0.4, 0.5) is 0 Å². The monoisotopic (exact) mass is 321 g/mol. The van der Waals surface area contributed by atoms with Crippen molar-refractivity contribution in [1.82, 2.24) is 10.6 Å². The van der Waals surface area contributed by atoms with Gasteiger partial charge < -0.3 is 20.1 Å². The lowest BCUT2D eigenvalue weighted by atomic mass is 10.2. The van der Waals surface area contributed by atoms with Gasteiger partial charge in [-0.1, -0.05) is 31.9 Å². The van der Waals surface area contributed by atoms with Gasteiger partial charge in [0, 0.05) is 20.2 Å². The summed E-state index contributed by atoms with van der Waals surface area (Å²) in [7, 11) is 1.67. The maximum atomic E-state index is 5.56. The van der Waals surface area contributed by atoms with E-state index in [0.29, 0.717) is 19.8 Å². The van der Waals surface area contributed by atoms with E-state index in [4.69, 9.17) is 9.47 Å². The number of hydrogen-bond acceptors (Lipinski definition) is 3. The second-order valence-corrected chi connectivity index (χ2v) is 5.31. The molecule has 0 spiro atoms. The zero-order valence-corrected chi connectivity index (χ0v) is 14.7. The Bertz CT molecular complexity index is 432. The van der Waals surface area contributed by atoms with Crippen molar-refractivity contribution >= 4 is 5.96 Å². The van der Waals surface area contributed by atoms with Crippen LogP contribution >= 0.6 is 0 Å². The first-order valence-electron chi connectivity index (χ1n) is 8.53. The topological polar surface area (TPSA) is 54.9 Å². The molecule has 1 aromatic carbocycles. The third kappa shape index (κ3) is 9.08. The van der Waals surface area contributed by atoms with E-state index in [2.05, 4.69) is 29.5 Å². The molecule has 0 radical (unpaired) electrons. The van der Waals surface area contributed by atoms with E-state index in [-0.39, 0.29) is 0 Å². The number of unbranched alkanes of at least 4 members (excludes halogenated alkanes) is 2. The van der Waals surface area contributed by atoms with E-state index < -0.39 is 0 Å². The van der Waals surface area contributed by atoms with Crippen LogP contribution in [-0.4, -0.2) is 39.4 Å². The van der Waals surface area contributed by atoms with Gasteiger partial charge in [-0.25, -0.2) is 4.99 Å². The molecular weight excluding hydrogens is 290 g/mol. The standard InChI is InChI=1S/C18H31N3O2/c1-4-6-7-12-20-18(19-5-2)21-15-16-8-10-17(11-9-16)23-14-13-22-3/h8-11H,4-7,12-15H2,1-3H3,(H2,19,20,21). The van der Waals surface area contributed by atoms with E-state index in [1.807, 2.05) is 24.3 Å². The van der Waals surface area contributed by atoms with Gasteiger partial charge in [0.1, 0.15) is 12.4 Å². The molecule has 5 heteroatoms. The van der Waals surface area contributed by atoms with E-state index in [0.717, 1.165) is 30.4 Å². The Morgan fingerprint density at radius 3 is 2.48 bits per heavy atom. The molecule has 2 N–H and O–H groups in total. The minimum absolute atomic E-state index is 0.570. The largest absolute Gasteiger partial charge is 0.491 e. The molecule has 0 atom stereocenters. The highest BCUT2D eigenvalue weighted by Gasteiger charge is 1.98. The van der Waals surface area contributed by atoms with Crippen LogP contribution in [0.15, 0.2) is 29.3 Å². The number of benzene rings is 1. The number of methoxy groups -OCH3 is 1. The molecule has 0 saturated heterocycles. The zero-order chi connectivity index (χ0) is 16.8. The van der Waals surface area contributed by atoms with Gasteiger partial charge in [-0.2, -0.15) is 0 Å². The van der Waals surface area contributed by atoms with Crippen molar-refractivity contribution < 1.29 is 9.47 Å². The van der Waals surface area contributed by atoms with Crippen LogP contribution < -0.4 is 15.4 Å². The molecule has 0 bridgehead atoms. The second-order valence-electron chi connectivity index (χ2n) is 5.31. The Balaban J connectivity index is 2.44. The van der Waals surface area contributed by atoms with Crippen LogP contribution in [0.5, 0.6) is 5.75 Å². The van der Waals surface area contributed by atoms with Crippen molar-refractivity contribution in [2.45, 2.75) is 39.7 Å². The number of nitrogens with one attached hydrogen (secondary N) is 2. The molecule has 0 amide bonds. The molecule has 0 saturated carbocycles. The Hall–Kier alpha value is -1.75. The van der Waals surface area contributed by atoms with Crippen molar-refractivity contribution in [3.63, 3.8) is 0 Å². The quantitative estimate of drug-likeness (QED) is 0.374. The smallest absolute Gasteiger partial charge is 0.191 e. The molecule has 5 nitrogen and oxygen atoms in total. The number of rotatable bonds is 11. The third-order valence-electron chi connectivity index (χ3n) is 3.32. The number of guanidine groups is 1. The molecule has 0 aromatic heterocycles. The minimum atomic E-state index is 0.570. The lowest BCUT2D eigenvalue weighted by Gasteiger charge is -2.11. The normalized spacial score (nSPS) is 11.3. The van der Waals surface area contributed by atoms with Crippen LogP contribution in [0, 0.1) is 0 Å². The highest BCUT2D eigenvalue weighted by molar-refractivity contribution is 5.79. The Kier molecular flexibility index (Phi) is 10.7. The summed E-state index contributed by atoms with van der Waals surface area (Å²) in [5.74, 6) is 1.74. The summed E-state index contributed by atoms with van der Waals surface area (Å²) in [5, 5.41) is 6.65. The lowest BCUT2D eigenvalue weighted by Crippen LogP contribution is -2.37. The summed E-state index contributed by atoms with van der Waals surface area (Å²) in [4.78, 5) is 4.62. The van der Waals surface area contributed by atoms with Crippen molar-refractivity contribution in [3.8, 4) is 5.75 Å².